The molecule has 2 saturated carbocycles. The van der Waals surface area contributed by atoms with Gasteiger partial charge in [-0.25, -0.2) is 24.0 Å². The summed E-state index contributed by atoms with van der Waals surface area (Å²) in [4.78, 5) is 60.2. The van der Waals surface area contributed by atoms with E-state index in [1.807, 2.05) is 31.5 Å². The maximum absolute atomic E-state index is 15.0. The highest BCUT2D eigenvalue weighted by molar-refractivity contribution is 7.10. The molecule has 5 saturated heterocycles. The lowest BCUT2D eigenvalue weighted by molar-refractivity contribution is -0.172. The van der Waals surface area contributed by atoms with Gasteiger partial charge in [0.05, 0.1) is 54.4 Å². The van der Waals surface area contributed by atoms with Crippen LogP contribution in [0.2, 0.25) is 0 Å². The lowest BCUT2D eigenvalue weighted by atomic mass is 9.73. The molecule has 9 heterocycles. The van der Waals surface area contributed by atoms with Crippen molar-refractivity contribution >= 4 is 45.8 Å². The Labute approximate surface area is 435 Å². The van der Waals surface area contributed by atoms with E-state index in [1.165, 1.54) is 29.2 Å². The Balaban J connectivity index is 1.06. The third-order valence-corrected chi connectivity index (χ3v) is 17.5. The van der Waals surface area contributed by atoms with Gasteiger partial charge in [-0.3, -0.25) is 24.5 Å². The zero-order valence-corrected chi connectivity index (χ0v) is 44.0. The summed E-state index contributed by atoms with van der Waals surface area (Å²) in [6.45, 7) is 13.8. The van der Waals surface area contributed by atoms with Gasteiger partial charge in [0.25, 0.3) is 12.3 Å². The summed E-state index contributed by atoms with van der Waals surface area (Å²) in [5.74, 6) is -1.18. The van der Waals surface area contributed by atoms with Crippen LogP contribution < -0.4 is 15.6 Å². The number of likely N-dealkylation sites (tertiary alicyclic amines) is 1. The number of hydrogen-bond donors (Lipinski definition) is 2. The maximum Gasteiger partial charge on any atom is 0.325 e. The third-order valence-electron chi connectivity index (χ3n) is 16.6. The Morgan fingerprint density at radius 3 is 2.50 bits per heavy atom. The monoisotopic (exact) mass is 1040 g/mol. The molecule has 74 heavy (non-hydrogen) atoms. The zero-order chi connectivity index (χ0) is 51.4. The van der Waals surface area contributed by atoms with Gasteiger partial charge in [0.1, 0.15) is 29.8 Å². The quantitative estimate of drug-likeness (QED) is 0.130. The molecule has 5 atom stereocenters. The van der Waals surface area contributed by atoms with E-state index >= 15 is 0 Å². The van der Waals surface area contributed by atoms with E-state index in [1.54, 1.807) is 12.0 Å². The van der Waals surface area contributed by atoms with Crippen molar-refractivity contribution in [1.29, 1.82) is 0 Å². The number of halogens is 2. The molecule has 17 nitrogen and oxygen atoms in total. The molecular formula is C54H71F2N9O8S. The van der Waals surface area contributed by atoms with Gasteiger partial charge in [-0.1, -0.05) is 19.9 Å². The Morgan fingerprint density at radius 2 is 1.80 bits per heavy atom. The number of ether oxygens (including phenoxy) is 5. The summed E-state index contributed by atoms with van der Waals surface area (Å²) in [5.41, 5.74) is 9.64. The molecular weight excluding hydrogens is 973 g/mol. The summed E-state index contributed by atoms with van der Waals surface area (Å²) < 4.78 is 61.4. The summed E-state index contributed by atoms with van der Waals surface area (Å²) in [6.07, 6.45) is 4.00. The van der Waals surface area contributed by atoms with Gasteiger partial charge in [-0.2, -0.15) is 0 Å². The topological polar surface area (TPSA) is 165 Å². The van der Waals surface area contributed by atoms with Gasteiger partial charge >= 0.3 is 12.0 Å². The Bertz CT molecular complexity index is 2700. The summed E-state index contributed by atoms with van der Waals surface area (Å²) in [7, 11) is 1.70. The van der Waals surface area contributed by atoms with Crippen LogP contribution in [0.25, 0.3) is 33.4 Å². The molecule has 0 radical (unpaired) electrons. The number of urea groups is 1. The number of thiazole rings is 1. The number of amides is 3. The van der Waals surface area contributed by atoms with Crippen molar-refractivity contribution < 1.29 is 46.8 Å². The highest BCUT2D eigenvalue weighted by atomic mass is 32.1. The number of carbonyl (C=O) groups is 3. The van der Waals surface area contributed by atoms with Crippen LogP contribution in [0.4, 0.5) is 19.3 Å². The standard InChI is InChI=1S/C54H71F2N9O8S/c1-31-10-13-63(31)53(68)59-47-49(72-28-44(55)56)50-58-42(29-74-50)33-6-9-43-39(24-33)41(26-54(3,4)30-73-52(67)46-34-22-36(23-34)65(60-46)51(47)66)48(64(43)18-21-71-38-11-19-70-20-12-38)40-25-37(27-57-45(40)32(2)69-5)62-16-14-61(15-17-62)35-7-8-35/h6,9,24-25,27,29,31-32,34-36,38,44,46-47,49,60H,7-8,10-23,26,28,30H2,1-5H3,(H,59,68)/t31-,32+,34?,36?,46+,47+,49+/m1/s1. The number of anilines is 1. The van der Waals surface area contributed by atoms with Crippen molar-refractivity contribution in [3.63, 3.8) is 0 Å². The highest BCUT2D eigenvalue weighted by Crippen LogP contribution is 2.45. The number of pyridine rings is 1. The maximum atomic E-state index is 15.0. The van der Waals surface area contributed by atoms with Gasteiger partial charge in [-0.15, -0.1) is 11.3 Å². The number of benzene rings is 1. The second kappa shape index (κ2) is 21.3. The number of nitrogens with one attached hydrogen (secondary N) is 2. The van der Waals surface area contributed by atoms with E-state index in [2.05, 4.69) is 57.2 Å². The molecule has 8 aliphatic rings. The van der Waals surface area contributed by atoms with Gasteiger partial charge in [-0.05, 0) is 94.9 Å². The molecule has 3 aromatic heterocycles. The van der Waals surface area contributed by atoms with Gasteiger partial charge < -0.3 is 43.4 Å². The van der Waals surface area contributed by atoms with Crippen LogP contribution in [0.5, 0.6) is 0 Å². The molecule has 0 unspecified atom stereocenters. The fourth-order valence-electron chi connectivity index (χ4n) is 11.8. The van der Waals surface area contributed by atoms with E-state index < -0.39 is 54.5 Å². The number of hydrazine groups is 1. The van der Waals surface area contributed by atoms with E-state index in [-0.39, 0.29) is 41.8 Å². The Morgan fingerprint density at radius 1 is 1.01 bits per heavy atom. The Kier molecular flexibility index (Phi) is 14.8. The number of hydrogen-bond acceptors (Lipinski definition) is 14. The molecule has 4 aromatic rings. The van der Waals surface area contributed by atoms with Crippen LogP contribution in [-0.4, -0.2) is 163 Å². The van der Waals surface area contributed by atoms with E-state index in [0.717, 1.165) is 90.1 Å². The fraction of sp³-hybridized carbons (Fsp3) is 0.648. The first-order valence-corrected chi connectivity index (χ1v) is 27.7. The van der Waals surface area contributed by atoms with Crippen LogP contribution in [0.15, 0.2) is 35.8 Å². The number of methoxy groups -OCH3 is 1. The van der Waals surface area contributed by atoms with Crippen LogP contribution in [0, 0.1) is 11.3 Å². The molecule has 2 N–H and O–H groups in total. The molecule has 2 aliphatic carbocycles. The minimum Gasteiger partial charge on any atom is -0.464 e. The molecule has 3 amide bonds. The first-order valence-electron chi connectivity index (χ1n) is 26.8. The molecule has 12 rings (SSSR count). The number of nitrogens with zero attached hydrogens (tertiary/aromatic N) is 7. The van der Waals surface area contributed by atoms with Crippen molar-refractivity contribution in [2.75, 3.05) is 77.8 Å². The second-order valence-corrected chi connectivity index (χ2v) is 23.2. The Hall–Kier alpha value is -4.83. The average molecular weight is 1040 g/mol. The van der Waals surface area contributed by atoms with Gasteiger partial charge in [0, 0.05) is 111 Å². The number of esters is 1. The number of piperazine rings is 1. The van der Waals surface area contributed by atoms with Crippen molar-refractivity contribution in [2.45, 2.75) is 141 Å². The molecule has 8 bridgehead atoms. The highest BCUT2D eigenvalue weighted by Gasteiger charge is 2.53. The number of fused-ring (bicyclic) bond motifs is 4. The minimum atomic E-state index is -2.87. The molecule has 1 aromatic carbocycles. The number of aromatic nitrogens is 3. The minimum absolute atomic E-state index is 0.0715. The SMILES string of the molecule is CO[C@@H](C)c1ncc(N2CCN(C3CC3)CC2)cc1-c1c2c3cc(ccc3n1CCOC1CCOCC1)-c1csc(n1)[C@@H](OCC(F)F)[C@H](NC(=O)N1CC[C@H]1C)C(=O)N1N[C@H](C(=O)OCC(C)(C)C2)C2CC1C2. The summed E-state index contributed by atoms with van der Waals surface area (Å²) in [5, 5.41) is 7.34. The fourth-order valence-corrected chi connectivity index (χ4v) is 12.8. The number of carbonyl (C=O) groups excluding carboxylic acids is 3. The molecule has 7 fully saturated rings. The van der Waals surface area contributed by atoms with E-state index in [9.17, 15) is 23.2 Å². The second-order valence-electron chi connectivity index (χ2n) is 22.3. The lowest BCUT2D eigenvalue weighted by Gasteiger charge is -2.53. The zero-order valence-electron chi connectivity index (χ0n) is 43.2. The van der Waals surface area contributed by atoms with E-state index in [0.29, 0.717) is 63.9 Å². The van der Waals surface area contributed by atoms with Gasteiger partial charge in [0.15, 0.2) is 0 Å². The lowest BCUT2D eigenvalue weighted by Crippen LogP contribution is -2.72. The molecule has 6 aliphatic heterocycles. The number of cyclic esters (lactones) is 1. The van der Waals surface area contributed by atoms with E-state index in [4.69, 9.17) is 33.7 Å². The largest absolute Gasteiger partial charge is 0.464 e. The molecule has 0 spiro atoms. The first-order chi connectivity index (χ1) is 35.7. The van der Waals surface area contributed by atoms with Crippen LogP contribution >= 0.6 is 11.3 Å². The van der Waals surface area contributed by atoms with Gasteiger partial charge in [0.2, 0.25) is 0 Å². The van der Waals surface area contributed by atoms with Crippen molar-refractivity contribution in [1.82, 2.24) is 40.1 Å². The molecule has 20 heteroatoms. The summed E-state index contributed by atoms with van der Waals surface area (Å²) >= 11 is 1.18. The average Bonchev–Trinajstić information content (AvgIpc) is 4.06. The van der Waals surface area contributed by atoms with Crippen LogP contribution in [0.3, 0.4) is 0 Å². The van der Waals surface area contributed by atoms with Crippen LogP contribution in [-0.2, 0) is 46.2 Å². The molecule has 400 valence electrons. The predicted molar refractivity (Wildman–Crippen MR) is 275 cm³/mol. The van der Waals surface area contributed by atoms with Crippen LogP contribution in [0.1, 0.15) is 101 Å². The number of alkyl halides is 2. The third kappa shape index (κ3) is 10.4. The summed E-state index contributed by atoms with van der Waals surface area (Å²) in [6, 6.07) is 6.03. The predicted octanol–water partition coefficient (Wildman–Crippen LogP) is 7.13. The first kappa shape index (κ1) is 51.3. The number of rotatable bonds is 13. The smallest absolute Gasteiger partial charge is 0.325 e. The van der Waals surface area contributed by atoms with Crippen molar-refractivity contribution in [3.8, 4) is 22.5 Å². The normalized spacial score (nSPS) is 27.2. The van der Waals surface area contributed by atoms with Crippen molar-refractivity contribution in [3.05, 3.63) is 52.1 Å². The van der Waals surface area contributed by atoms with Crippen molar-refractivity contribution in [2.24, 2.45) is 11.3 Å².